The summed E-state index contributed by atoms with van der Waals surface area (Å²) in [7, 11) is 1.71. The summed E-state index contributed by atoms with van der Waals surface area (Å²) in [6.07, 6.45) is 0.983. The average Bonchev–Trinajstić information content (AvgIpc) is 2.98. The summed E-state index contributed by atoms with van der Waals surface area (Å²) < 4.78 is 0. The summed E-state index contributed by atoms with van der Waals surface area (Å²) in [6.45, 7) is 3.31. The van der Waals surface area contributed by atoms with Crippen LogP contribution in [0.2, 0.25) is 5.02 Å². The Morgan fingerprint density at radius 3 is 2.95 bits per heavy atom. The van der Waals surface area contributed by atoms with Gasteiger partial charge in [0.05, 0.1) is 22.8 Å². The molecule has 1 N–H and O–H groups in total. The lowest BCUT2D eigenvalue weighted by atomic mass is 10.3. The maximum atomic E-state index is 12.4. The molecule has 0 aliphatic carbocycles. The van der Waals surface area contributed by atoms with Crippen LogP contribution in [0.5, 0.6) is 0 Å². The number of anilines is 1. The number of halogens is 1. The van der Waals surface area contributed by atoms with E-state index < -0.39 is 0 Å². The molecule has 0 saturated heterocycles. The van der Waals surface area contributed by atoms with Crippen LogP contribution >= 0.6 is 22.9 Å². The molecule has 0 saturated carbocycles. The Hall–Kier alpha value is -1.66. The molecule has 5 nitrogen and oxygen atoms in total. The molecule has 0 aromatic carbocycles. The van der Waals surface area contributed by atoms with Gasteiger partial charge in [-0.1, -0.05) is 18.5 Å². The number of carbonyl (C=O) groups is 1. The lowest BCUT2D eigenvalue weighted by Crippen LogP contribution is -2.27. The molecule has 0 fully saturated rings. The van der Waals surface area contributed by atoms with Crippen molar-refractivity contribution in [3.05, 3.63) is 39.4 Å². The molecule has 0 atom stereocenters. The van der Waals surface area contributed by atoms with E-state index in [2.05, 4.69) is 22.2 Å². The fourth-order valence-corrected chi connectivity index (χ4v) is 2.49. The first-order chi connectivity index (χ1) is 10.1. The van der Waals surface area contributed by atoms with E-state index in [0.717, 1.165) is 18.7 Å². The Labute approximate surface area is 133 Å². The first-order valence-corrected chi connectivity index (χ1v) is 7.96. The van der Waals surface area contributed by atoms with E-state index in [-0.39, 0.29) is 11.6 Å². The number of aromatic nitrogens is 2. The Kier molecular flexibility index (Phi) is 5.52. The predicted molar refractivity (Wildman–Crippen MR) is 85.9 cm³/mol. The van der Waals surface area contributed by atoms with E-state index in [1.54, 1.807) is 29.6 Å². The third-order valence-electron chi connectivity index (χ3n) is 2.83. The Morgan fingerprint density at radius 2 is 2.29 bits per heavy atom. The second kappa shape index (κ2) is 7.38. The Bertz CT molecular complexity index is 603. The third-order valence-corrected chi connectivity index (χ3v) is 3.77. The summed E-state index contributed by atoms with van der Waals surface area (Å²) in [6, 6.07) is 3.46. The summed E-state index contributed by atoms with van der Waals surface area (Å²) in [5.74, 6) is 0.444. The summed E-state index contributed by atoms with van der Waals surface area (Å²) in [5.41, 5.74) is 2.86. The van der Waals surface area contributed by atoms with Crippen molar-refractivity contribution in [2.75, 3.05) is 18.9 Å². The molecule has 0 spiro atoms. The van der Waals surface area contributed by atoms with Gasteiger partial charge in [0, 0.05) is 19.0 Å². The van der Waals surface area contributed by atoms with Crippen LogP contribution in [0.3, 0.4) is 0 Å². The molecule has 2 aromatic heterocycles. The van der Waals surface area contributed by atoms with Gasteiger partial charge in [-0.2, -0.15) is 0 Å². The normalized spacial score (nSPS) is 10.4. The predicted octanol–water partition coefficient (Wildman–Crippen LogP) is 3.29. The molecule has 2 aromatic rings. The van der Waals surface area contributed by atoms with Crippen LogP contribution in [-0.4, -0.2) is 34.4 Å². The van der Waals surface area contributed by atoms with E-state index in [0.29, 0.717) is 17.4 Å². The molecule has 0 radical (unpaired) electrons. The van der Waals surface area contributed by atoms with Crippen LogP contribution in [0.4, 0.5) is 5.82 Å². The number of nitrogens with one attached hydrogen (secondary N) is 1. The van der Waals surface area contributed by atoms with Crippen molar-refractivity contribution in [1.29, 1.82) is 0 Å². The Morgan fingerprint density at radius 1 is 1.48 bits per heavy atom. The summed E-state index contributed by atoms with van der Waals surface area (Å²) in [5, 5.41) is 5.42. The quantitative estimate of drug-likeness (QED) is 0.886. The maximum absolute atomic E-state index is 12.4. The SMILES string of the molecule is CCCNc1ccc(Cl)c(C(=O)N(C)Cc2cscn2)n1. The molecule has 21 heavy (non-hydrogen) atoms. The first-order valence-electron chi connectivity index (χ1n) is 6.64. The number of hydrogen-bond donors (Lipinski definition) is 1. The van der Waals surface area contributed by atoms with Crippen molar-refractivity contribution in [2.45, 2.75) is 19.9 Å². The number of nitrogens with zero attached hydrogens (tertiary/aromatic N) is 3. The van der Waals surface area contributed by atoms with Gasteiger partial charge in [0.1, 0.15) is 11.5 Å². The average molecular weight is 325 g/mol. The van der Waals surface area contributed by atoms with Crippen molar-refractivity contribution in [3.63, 3.8) is 0 Å². The van der Waals surface area contributed by atoms with Crippen molar-refractivity contribution in [1.82, 2.24) is 14.9 Å². The van der Waals surface area contributed by atoms with E-state index >= 15 is 0 Å². The lowest BCUT2D eigenvalue weighted by Gasteiger charge is -2.16. The topological polar surface area (TPSA) is 58.1 Å². The van der Waals surface area contributed by atoms with Crippen molar-refractivity contribution in [2.24, 2.45) is 0 Å². The molecule has 2 rings (SSSR count). The smallest absolute Gasteiger partial charge is 0.274 e. The lowest BCUT2D eigenvalue weighted by molar-refractivity contribution is 0.0778. The fourth-order valence-electron chi connectivity index (χ4n) is 1.75. The van der Waals surface area contributed by atoms with Crippen LogP contribution in [0.1, 0.15) is 29.5 Å². The van der Waals surface area contributed by atoms with Crippen molar-refractivity contribution >= 4 is 34.7 Å². The Balaban J connectivity index is 2.13. The molecular weight excluding hydrogens is 308 g/mol. The molecule has 7 heteroatoms. The van der Waals surface area contributed by atoms with Crippen LogP contribution in [-0.2, 0) is 6.54 Å². The highest BCUT2D eigenvalue weighted by atomic mass is 35.5. The van der Waals surface area contributed by atoms with Crippen molar-refractivity contribution < 1.29 is 4.79 Å². The largest absolute Gasteiger partial charge is 0.370 e. The van der Waals surface area contributed by atoms with Gasteiger partial charge in [0.2, 0.25) is 0 Å². The van der Waals surface area contributed by atoms with Crippen LogP contribution in [0.25, 0.3) is 0 Å². The number of thiazole rings is 1. The fraction of sp³-hybridized carbons (Fsp3) is 0.357. The number of amides is 1. The summed E-state index contributed by atoms with van der Waals surface area (Å²) >= 11 is 7.60. The minimum Gasteiger partial charge on any atom is -0.370 e. The second-order valence-electron chi connectivity index (χ2n) is 4.59. The van der Waals surface area contributed by atoms with E-state index in [9.17, 15) is 4.79 Å². The number of pyridine rings is 1. The molecule has 0 aliphatic heterocycles. The van der Waals surface area contributed by atoms with E-state index in [1.165, 1.54) is 11.3 Å². The minimum atomic E-state index is -0.215. The highest BCUT2D eigenvalue weighted by molar-refractivity contribution is 7.07. The van der Waals surface area contributed by atoms with Gasteiger partial charge >= 0.3 is 0 Å². The molecule has 0 bridgehead atoms. The molecular formula is C14H17ClN4OS. The van der Waals surface area contributed by atoms with Gasteiger partial charge < -0.3 is 10.2 Å². The zero-order valence-corrected chi connectivity index (χ0v) is 13.5. The van der Waals surface area contributed by atoms with Gasteiger partial charge in [0.15, 0.2) is 0 Å². The number of carbonyl (C=O) groups excluding carboxylic acids is 1. The standard InChI is InChI=1S/C14H17ClN4OS/c1-3-6-16-12-5-4-11(15)13(18-12)14(20)19(2)7-10-8-21-9-17-10/h4-5,8-9H,3,6-7H2,1-2H3,(H,16,18). The van der Waals surface area contributed by atoms with Crippen LogP contribution < -0.4 is 5.32 Å². The summed E-state index contributed by atoms with van der Waals surface area (Å²) in [4.78, 5) is 22.5. The van der Waals surface area contributed by atoms with Gasteiger partial charge in [-0.3, -0.25) is 4.79 Å². The van der Waals surface area contributed by atoms with Gasteiger partial charge in [-0.15, -0.1) is 11.3 Å². The molecule has 0 unspecified atom stereocenters. The van der Waals surface area contributed by atoms with E-state index in [4.69, 9.17) is 11.6 Å². The highest BCUT2D eigenvalue weighted by Crippen LogP contribution is 2.19. The van der Waals surface area contributed by atoms with Crippen molar-refractivity contribution in [3.8, 4) is 0 Å². The minimum absolute atomic E-state index is 0.215. The van der Waals surface area contributed by atoms with Crippen LogP contribution in [0.15, 0.2) is 23.0 Å². The number of hydrogen-bond acceptors (Lipinski definition) is 5. The second-order valence-corrected chi connectivity index (χ2v) is 5.72. The van der Waals surface area contributed by atoms with E-state index in [1.807, 2.05) is 5.38 Å². The van der Waals surface area contributed by atoms with Crippen LogP contribution in [0, 0.1) is 0 Å². The highest BCUT2D eigenvalue weighted by Gasteiger charge is 2.18. The van der Waals surface area contributed by atoms with Gasteiger partial charge in [-0.05, 0) is 18.6 Å². The first kappa shape index (κ1) is 15.7. The molecule has 0 aliphatic rings. The molecule has 112 valence electrons. The van der Waals surface area contributed by atoms with Gasteiger partial charge in [0.25, 0.3) is 5.91 Å². The maximum Gasteiger partial charge on any atom is 0.274 e. The zero-order valence-electron chi connectivity index (χ0n) is 12.0. The molecule has 2 heterocycles. The monoisotopic (exact) mass is 324 g/mol. The number of rotatable bonds is 6. The third kappa shape index (κ3) is 4.15. The molecule has 1 amide bonds. The zero-order chi connectivity index (χ0) is 15.2. The van der Waals surface area contributed by atoms with Gasteiger partial charge in [-0.25, -0.2) is 9.97 Å².